The van der Waals surface area contributed by atoms with Gasteiger partial charge in [-0.1, -0.05) is 29.8 Å². The molecule has 0 unspecified atom stereocenters. The quantitative estimate of drug-likeness (QED) is 0.562. The second kappa shape index (κ2) is 6.99. The maximum absolute atomic E-state index is 13.2. The van der Waals surface area contributed by atoms with Gasteiger partial charge in [-0.25, -0.2) is 9.78 Å². The van der Waals surface area contributed by atoms with E-state index < -0.39 is 0 Å². The van der Waals surface area contributed by atoms with Crippen LogP contribution in [-0.4, -0.2) is 19.1 Å². The first kappa shape index (κ1) is 16.9. The van der Waals surface area contributed by atoms with Crippen LogP contribution in [0.1, 0.15) is 16.7 Å². The van der Waals surface area contributed by atoms with E-state index in [4.69, 9.17) is 0 Å². The van der Waals surface area contributed by atoms with Crippen molar-refractivity contribution >= 4 is 11.0 Å². The summed E-state index contributed by atoms with van der Waals surface area (Å²) in [5, 5.41) is 0. The number of fused-ring (bicyclic) bond motifs is 1. The number of nitrogens with zero attached hydrogens (tertiary/aromatic N) is 4. The summed E-state index contributed by atoms with van der Waals surface area (Å²) in [7, 11) is 0. The molecule has 1 aromatic carbocycles. The van der Waals surface area contributed by atoms with E-state index in [9.17, 15) is 9.59 Å². The largest absolute Gasteiger partial charge is 0.332 e. The Morgan fingerprint density at radius 3 is 2.22 bits per heavy atom. The number of aryl methyl sites for hydroxylation is 1. The zero-order valence-electron chi connectivity index (χ0n) is 14.9. The van der Waals surface area contributed by atoms with Crippen molar-refractivity contribution in [2.24, 2.45) is 0 Å². The Hall–Kier alpha value is -3.54. The maximum atomic E-state index is 13.2. The van der Waals surface area contributed by atoms with Gasteiger partial charge in [0.15, 0.2) is 5.52 Å². The molecule has 0 spiro atoms. The predicted molar refractivity (Wildman–Crippen MR) is 104 cm³/mol. The third kappa shape index (κ3) is 3.29. The molecule has 4 rings (SSSR count). The fraction of sp³-hybridized carbons (Fsp3) is 0.143. The highest BCUT2D eigenvalue weighted by molar-refractivity contribution is 5.73. The topological polar surface area (TPSA) is 69.8 Å². The Bertz CT molecular complexity index is 1210. The van der Waals surface area contributed by atoms with Crippen LogP contribution in [0.3, 0.4) is 0 Å². The van der Waals surface area contributed by atoms with Crippen molar-refractivity contribution in [3.63, 3.8) is 0 Å². The van der Waals surface area contributed by atoms with Crippen LogP contribution in [0.5, 0.6) is 0 Å². The van der Waals surface area contributed by atoms with E-state index in [0.717, 1.165) is 16.7 Å². The zero-order chi connectivity index (χ0) is 18.8. The highest BCUT2D eigenvalue weighted by Gasteiger charge is 2.14. The lowest BCUT2D eigenvalue weighted by Gasteiger charge is -2.14. The Labute approximate surface area is 155 Å². The molecular formula is C21H18N4O2. The van der Waals surface area contributed by atoms with Crippen LogP contribution in [0.2, 0.25) is 0 Å². The minimum atomic E-state index is -0.382. The van der Waals surface area contributed by atoms with Gasteiger partial charge in [-0.15, -0.1) is 0 Å². The summed E-state index contributed by atoms with van der Waals surface area (Å²) in [6, 6.07) is 15.1. The van der Waals surface area contributed by atoms with E-state index in [1.54, 1.807) is 47.4 Å². The highest BCUT2D eigenvalue weighted by Crippen LogP contribution is 2.10. The van der Waals surface area contributed by atoms with Crippen molar-refractivity contribution in [1.82, 2.24) is 19.1 Å². The first-order valence-electron chi connectivity index (χ1n) is 8.66. The third-order valence-electron chi connectivity index (χ3n) is 4.54. The monoisotopic (exact) mass is 358 g/mol. The van der Waals surface area contributed by atoms with Gasteiger partial charge in [0, 0.05) is 18.6 Å². The van der Waals surface area contributed by atoms with E-state index in [-0.39, 0.29) is 17.8 Å². The van der Waals surface area contributed by atoms with Crippen molar-refractivity contribution in [2.45, 2.75) is 20.0 Å². The lowest BCUT2D eigenvalue weighted by Crippen LogP contribution is -2.40. The number of rotatable bonds is 4. The van der Waals surface area contributed by atoms with Crippen LogP contribution < -0.4 is 11.2 Å². The summed E-state index contributed by atoms with van der Waals surface area (Å²) in [5.41, 5.74) is 3.08. The van der Waals surface area contributed by atoms with Crippen molar-refractivity contribution in [3.05, 3.63) is 105 Å². The van der Waals surface area contributed by atoms with Crippen LogP contribution in [-0.2, 0) is 13.1 Å². The smallest absolute Gasteiger partial charge is 0.287 e. The molecule has 27 heavy (non-hydrogen) atoms. The molecule has 0 radical (unpaired) electrons. The average molecular weight is 358 g/mol. The van der Waals surface area contributed by atoms with Gasteiger partial charge >= 0.3 is 5.69 Å². The van der Waals surface area contributed by atoms with Crippen LogP contribution in [0, 0.1) is 6.92 Å². The highest BCUT2D eigenvalue weighted by atomic mass is 16.2. The standard InChI is InChI=1S/C21H18N4O2/c1-15-4-6-16(7-5-15)13-24-18-3-2-10-23-19(18)20(26)25(21(24)27)14-17-8-11-22-12-9-17/h2-12H,13-14H2,1H3. The molecule has 0 aliphatic rings. The second-order valence-corrected chi connectivity index (χ2v) is 6.47. The molecule has 0 amide bonds. The van der Waals surface area contributed by atoms with Gasteiger partial charge in [-0.2, -0.15) is 0 Å². The second-order valence-electron chi connectivity index (χ2n) is 6.47. The maximum Gasteiger partial charge on any atom is 0.332 e. The van der Waals surface area contributed by atoms with Crippen molar-refractivity contribution in [3.8, 4) is 0 Å². The SMILES string of the molecule is Cc1ccc(Cn2c(=O)n(Cc3ccncc3)c(=O)c3ncccc32)cc1. The summed E-state index contributed by atoms with van der Waals surface area (Å²) < 4.78 is 2.84. The Kier molecular flexibility index (Phi) is 4.38. The van der Waals surface area contributed by atoms with Gasteiger partial charge in [0.1, 0.15) is 0 Å². The number of hydrogen-bond acceptors (Lipinski definition) is 4. The van der Waals surface area contributed by atoms with Gasteiger partial charge < -0.3 is 0 Å². The Balaban J connectivity index is 1.90. The van der Waals surface area contributed by atoms with E-state index in [1.807, 2.05) is 31.2 Å². The molecule has 6 nitrogen and oxygen atoms in total. The van der Waals surface area contributed by atoms with Crippen molar-refractivity contribution in [2.75, 3.05) is 0 Å². The minimum Gasteiger partial charge on any atom is -0.287 e. The molecule has 0 aliphatic carbocycles. The molecule has 4 aromatic rings. The molecule has 6 heteroatoms. The first-order chi connectivity index (χ1) is 13.1. The van der Waals surface area contributed by atoms with E-state index >= 15 is 0 Å². The lowest BCUT2D eigenvalue weighted by molar-refractivity contribution is 0.633. The Morgan fingerprint density at radius 2 is 1.48 bits per heavy atom. The summed E-state index contributed by atoms with van der Waals surface area (Å²) in [4.78, 5) is 34.3. The molecule has 0 saturated heterocycles. The zero-order valence-corrected chi connectivity index (χ0v) is 14.9. The van der Waals surface area contributed by atoms with Crippen LogP contribution >= 0.6 is 0 Å². The number of benzene rings is 1. The van der Waals surface area contributed by atoms with Gasteiger partial charge in [-0.3, -0.25) is 18.9 Å². The van der Waals surface area contributed by atoms with Crippen LogP contribution in [0.25, 0.3) is 11.0 Å². The summed E-state index contributed by atoms with van der Waals surface area (Å²) in [5.74, 6) is 0. The van der Waals surface area contributed by atoms with E-state index in [1.165, 1.54) is 4.57 Å². The van der Waals surface area contributed by atoms with Crippen LogP contribution in [0.4, 0.5) is 0 Å². The number of hydrogen-bond donors (Lipinski definition) is 0. The van der Waals surface area contributed by atoms with Gasteiger partial charge in [0.2, 0.25) is 0 Å². The summed E-state index contributed by atoms with van der Waals surface area (Å²) in [6.07, 6.45) is 4.86. The molecule has 3 aromatic heterocycles. The van der Waals surface area contributed by atoms with E-state index in [0.29, 0.717) is 17.6 Å². The molecule has 0 fully saturated rings. The molecule has 134 valence electrons. The van der Waals surface area contributed by atoms with Gasteiger partial charge in [0.05, 0.1) is 18.6 Å². The van der Waals surface area contributed by atoms with Gasteiger partial charge in [0.25, 0.3) is 5.56 Å². The third-order valence-corrected chi connectivity index (χ3v) is 4.54. The van der Waals surface area contributed by atoms with E-state index in [2.05, 4.69) is 9.97 Å². The molecule has 3 heterocycles. The average Bonchev–Trinajstić information content (AvgIpc) is 2.71. The fourth-order valence-corrected chi connectivity index (χ4v) is 3.08. The molecule has 0 atom stereocenters. The Morgan fingerprint density at radius 1 is 0.815 bits per heavy atom. The normalized spacial score (nSPS) is 11.0. The molecule has 0 bridgehead atoms. The molecule has 0 N–H and O–H groups in total. The predicted octanol–water partition coefficient (Wildman–Crippen LogP) is 2.36. The number of aromatic nitrogens is 4. The molecular weight excluding hydrogens is 340 g/mol. The lowest BCUT2D eigenvalue weighted by atomic mass is 10.1. The first-order valence-corrected chi connectivity index (χ1v) is 8.66. The van der Waals surface area contributed by atoms with Crippen LogP contribution in [0.15, 0.2) is 76.7 Å². The molecule has 0 saturated carbocycles. The van der Waals surface area contributed by atoms with Crippen molar-refractivity contribution in [1.29, 1.82) is 0 Å². The van der Waals surface area contributed by atoms with Gasteiger partial charge in [-0.05, 0) is 42.3 Å². The fourth-order valence-electron chi connectivity index (χ4n) is 3.08. The summed E-state index contributed by atoms with van der Waals surface area (Å²) in [6.45, 7) is 2.57. The van der Waals surface area contributed by atoms with Crippen molar-refractivity contribution < 1.29 is 0 Å². The number of pyridine rings is 2. The summed E-state index contributed by atoms with van der Waals surface area (Å²) >= 11 is 0. The minimum absolute atomic E-state index is 0.181. The molecule has 0 aliphatic heterocycles.